The molecule has 7 nitrogen and oxygen atoms in total. The molecule has 0 aliphatic rings. The summed E-state index contributed by atoms with van der Waals surface area (Å²) in [5, 5.41) is 3.80. The molecule has 0 aliphatic carbocycles. The first-order chi connectivity index (χ1) is 8.33. The van der Waals surface area contributed by atoms with Crippen molar-refractivity contribution in [2.45, 2.75) is 20.1 Å². The predicted octanol–water partition coefficient (Wildman–Crippen LogP) is 0.428. The van der Waals surface area contributed by atoms with E-state index < -0.39 is 0 Å². The fraction of sp³-hybridized carbons (Fsp3) is 0.500. The van der Waals surface area contributed by atoms with E-state index in [0.29, 0.717) is 43.7 Å². The van der Waals surface area contributed by atoms with Gasteiger partial charge in [0.05, 0.1) is 6.33 Å². The van der Waals surface area contributed by atoms with Crippen LogP contribution in [0.1, 0.15) is 12.7 Å². The molecule has 0 saturated heterocycles. The van der Waals surface area contributed by atoms with Crippen LogP contribution in [0.4, 0.5) is 0 Å². The molecule has 2 N–H and O–H groups in total. The lowest BCUT2D eigenvalue weighted by atomic mass is 10.5. The molecular formula is C10H15N5O2. The van der Waals surface area contributed by atoms with Crippen LogP contribution >= 0.6 is 0 Å². The molecule has 0 atom stereocenters. The molecule has 2 aromatic heterocycles. The summed E-state index contributed by atoms with van der Waals surface area (Å²) in [6.07, 6.45) is 3.51. The zero-order valence-corrected chi connectivity index (χ0v) is 9.67. The molecule has 7 heteroatoms. The van der Waals surface area contributed by atoms with Gasteiger partial charge >= 0.3 is 0 Å². The monoisotopic (exact) mass is 237 g/mol. The van der Waals surface area contributed by atoms with Crippen molar-refractivity contribution in [2.75, 3.05) is 13.2 Å². The maximum atomic E-state index is 5.45. The second-order valence-electron chi connectivity index (χ2n) is 3.44. The van der Waals surface area contributed by atoms with Crippen LogP contribution < -0.4 is 5.73 Å². The minimum Gasteiger partial charge on any atom is -0.374 e. The Balaban J connectivity index is 2.07. The van der Waals surface area contributed by atoms with Crippen LogP contribution in [0.3, 0.4) is 0 Å². The Morgan fingerprint density at radius 3 is 3.18 bits per heavy atom. The molecule has 0 unspecified atom stereocenters. The second kappa shape index (κ2) is 5.55. The zero-order chi connectivity index (χ0) is 12.1. The van der Waals surface area contributed by atoms with Crippen LogP contribution in [0.2, 0.25) is 0 Å². The van der Waals surface area contributed by atoms with Crippen LogP contribution in [0, 0.1) is 0 Å². The summed E-state index contributed by atoms with van der Waals surface area (Å²) >= 11 is 0. The SMILES string of the molecule is CCOCc1noc(-c2cn(CCN)cn2)n1. The number of rotatable bonds is 6. The van der Waals surface area contributed by atoms with Crippen molar-refractivity contribution in [3.63, 3.8) is 0 Å². The summed E-state index contributed by atoms with van der Waals surface area (Å²) in [6, 6.07) is 0. The first-order valence-electron chi connectivity index (χ1n) is 5.46. The molecule has 2 heterocycles. The van der Waals surface area contributed by atoms with Crippen molar-refractivity contribution in [1.82, 2.24) is 19.7 Å². The van der Waals surface area contributed by atoms with E-state index in [4.69, 9.17) is 15.0 Å². The van der Waals surface area contributed by atoms with Gasteiger partial charge in [-0.3, -0.25) is 0 Å². The van der Waals surface area contributed by atoms with E-state index in [1.807, 2.05) is 17.7 Å². The normalized spacial score (nSPS) is 10.9. The molecule has 0 aromatic carbocycles. The highest BCUT2D eigenvalue weighted by atomic mass is 16.5. The number of hydrogen-bond acceptors (Lipinski definition) is 6. The largest absolute Gasteiger partial charge is 0.374 e. The molecule has 2 aromatic rings. The van der Waals surface area contributed by atoms with Gasteiger partial charge in [-0.2, -0.15) is 4.98 Å². The fourth-order valence-corrected chi connectivity index (χ4v) is 1.35. The van der Waals surface area contributed by atoms with Crippen LogP contribution in [0.15, 0.2) is 17.0 Å². The van der Waals surface area contributed by atoms with Crippen LogP contribution in [-0.4, -0.2) is 32.8 Å². The van der Waals surface area contributed by atoms with Gasteiger partial charge in [-0.25, -0.2) is 4.98 Å². The molecule has 0 bridgehead atoms. The third-order valence-electron chi connectivity index (χ3n) is 2.14. The molecule has 0 saturated carbocycles. The maximum Gasteiger partial charge on any atom is 0.278 e. The Hall–Kier alpha value is -1.73. The Kier molecular flexibility index (Phi) is 3.84. The number of hydrogen-bond donors (Lipinski definition) is 1. The molecule has 0 fully saturated rings. The number of aromatic nitrogens is 4. The zero-order valence-electron chi connectivity index (χ0n) is 9.67. The van der Waals surface area contributed by atoms with Crippen LogP contribution in [0.5, 0.6) is 0 Å². The smallest absolute Gasteiger partial charge is 0.278 e. The van der Waals surface area contributed by atoms with Crippen molar-refractivity contribution in [3.8, 4) is 11.6 Å². The summed E-state index contributed by atoms with van der Waals surface area (Å²) in [5.41, 5.74) is 6.10. The average molecular weight is 237 g/mol. The third kappa shape index (κ3) is 2.89. The third-order valence-corrected chi connectivity index (χ3v) is 2.14. The van der Waals surface area contributed by atoms with E-state index in [0.717, 1.165) is 0 Å². The van der Waals surface area contributed by atoms with Crippen molar-refractivity contribution in [1.29, 1.82) is 0 Å². The van der Waals surface area contributed by atoms with Crippen molar-refractivity contribution in [2.24, 2.45) is 5.73 Å². The van der Waals surface area contributed by atoms with E-state index in [2.05, 4.69) is 15.1 Å². The van der Waals surface area contributed by atoms with Crippen LogP contribution in [-0.2, 0) is 17.9 Å². The minimum atomic E-state index is 0.351. The number of nitrogens with zero attached hydrogens (tertiary/aromatic N) is 4. The molecule has 17 heavy (non-hydrogen) atoms. The molecule has 0 radical (unpaired) electrons. The Bertz CT molecular complexity index is 465. The number of imidazole rings is 1. The summed E-state index contributed by atoms with van der Waals surface area (Å²) in [6.45, 7) is 4.16. The molecule has 92 valence electrons. The summed E-state index contributed by atoms with van der Waals surface area (Å²) < 4.78 is 12.2. The fourth-order valence-electron chi connectivity index (χ4n) is 1.35. The lowest BCUT2D eigenvalue weighted by Crippen LogP contribution is -2.07. The molecular weight excluding hydrogens is 222 g/mol. The van der Waals surface area contributed by atoms with Crippen molar-refractivity contribution < 1.29 is 9.26 Å². The van der Waals surface area contributed by atoms with Gasteiger partial charge in [0, 0.05) is 25.9 Å². The topological polar surface area (TPSA) is 92.0 Å². The molecule has 0 spiro atoms. The summed E-state index contributed by atoms with van der Waals surface area (Å²) in [5.74, 6) is 0.922. The van der Waals surface area contributed by atoms with Gasteiger partial charge in [-0.1, -0.05) is 5.16 Å². The van der Waals surface area contributed by atoms with Crippen molar-refractivity contribution in [3.05, 3.63) is 18.3 Å². The van der Waals surface area contributed by atoms with E-state index in [1.54, 1.807) is 6.33 Å². The van der Waals surface area contributed by atoms with Gasteiger partial charge in [-0.15, -0.1) is 0 Å². The van der Waals surface area contributed by atoms with Gasteiger partial charge < -0.3 is 19.6 Å². The molecule has 0 amide bonds. The highest BCUT2D eigenvalue weighted by Crippen LogP contribution is 2.14. The highest BCUT2D eigenvalue weighted by Gasteiger charge is 2.11. The van der Waals surface area contributed by atoms with Gasteiger partial charge in [-0.05, 0) is 6.92 Å². The summed E-state index contributed by atoms with van der Waals surface area (Å²) in [4.78, 5) is 8.35. The first kappa shape index (κ1) is 11.7. The molecule has 0 aliphatic heterocycles. The summed E-state index contributed by atoms with van der Waals surface area (Å²) in [7, 11) is 0. The van der Waals surface area contributed by atoms with Gasteiger partial charge in [0.2, 0.25) is 0 Å². The predicted molar refractivity (Wildman–Crippen MR) is 59.9 cm³/mol. The van der Waals surface area contributed by atoms with Crippen LogP contribution in [0.25, 0.3) is 11.6 Å². The van der Waals surface area contributed by atoms with E-state index in [9.17, 15) is 0 Å². The lowest BCUT2D eigenvalue weighted by molar-refractivity contribution is 0.126. The first-order valence-corrected chi connectivity index (χ1v) is 5.46. The maximum absolute atomic E-state index is 5.45. The van der Waals surface area contributed by atoms with Crippen molar-refractivity contribution >= 4 is 0 Å². The van der Waals surface area contributed by atoms with Gasteiger partial charge in [0.25, 0.3) is 5.89 Å². The van der Waals surface area contributed by atoms with E-state index in [1.165, 1.54) is 0 Å². The van der Waals surface area contributed by atoms with E-state index >= 15 is 0 Å². The average Bonchev–Trinajstić information content (AvgIpc) is 2.95. The van der Waals surface area contributed by atoms with Gasteiger partial charge in [0.15, 0.2) is 5.82 Å². The molecule has 2 rings (SSSR count). The minimum absolute atomic E-state index is 0.351. The Morgan fingerprint density at radius 2 is 2.41 bits per heavy atom. The standard InChI is InChI=1S/C10H15N5O2/c1-2-16-6-9-13-10(17-14-9)8-5-15(4-3-11)7-12-8/h5,7H,2-4,6,11H2,1H3. The van der Waals surface area contributed by atoms with Gasteiger partial charge in [0.1, 0.15) is 12.3 Å². The Morgan fingerprint density at radius 1 is 1.53 bits per heavy atom. The number of ether oxygens (including phenoxy) is 1. The lowest BCUT2D eigenvalue weighted by Gasteiger charge is -1.94. The van der Waals surface area contributed by atoms with E-state index in [-0.39, 0.29) is 0 Å². The second-order valence-corrected chi connectivity index (χ2v) is 3.44. The Labute approximate surface area is 98.6 Å². The number of nitrogens with two attached hydrogens (primary N) is 1. The quantitative estimate of drug-likeness (QED) is 0.783. The highest BCUT2D eigenvalue weighted by molar-refractivity contribution is 5.44.